The minimum atomic E-state index is -4.09. The minimum Gasteiger partial charge on any atom is -0.381 e. The number of thioether (sulfide) groups is 1. The van der Waals surface area contributed by atoms with E-state index in [1.54, 1.807) is 24.3 Å². The van der Waals surface area contributed by atoms with Crippen molar-refractivity contribution < 1.29 is 17.9 Å². The second kappa shape index (κ2) is 17.1. The van der Waals surface area contributed by atoms with Crippen LogP contribution in [0.25, 0.3) is 11.1 Å². The lowest BCUT2D eigenvalue weighted by Crippen LogP contribution is -2.47. The second-order valence-electron chi connectivity index (χ2n) is 14.9. The maximum atomic E-state index is 13.5. The molecular formula is C46H51N3O4S2. The van der Waals surface area contributed by atoms with Gasteiger partial charge in [0.15, 0.2) is 0 Å². The smallest absolute Gasteiger partial charge is 0.264 e. The van der Waals surface area contributed by atoms with Gasteiger partial charge in [-0.2, -0.15) is 0 Å². The number of carbonyl (C=O) groups is 1. The molecule has 55 heavy (non-hydrogen) atoms. The standard InChI is InChI=1S/C46H51N3O4S2/c1-4-34-31-40(25-26-42(34)47-43-15-10-16-44(43)54-39-12-6-5-7-13-39)55(51,52)48-45(50)36-21-23-38(24-22-36)49-29-27-46(53-3,28-30-49)32-37-11-8-9-14-41(37)35-19-17-33(2)18-20-35/h5-9,11-14,17-26,31,43-44,47H,4,10,15-16,27-30,32H2,1-3H3,(H,48,50). The molecule has 5 aromatic rings. The Balaban J connectivity index is 0.961. The van der Waals surface area contributed by atoms with E-state index in [0.717, 1.165) is 68.6 Å². The van der Waals surface area contributed by atoms with Gasteiger partial charge in [-0.05, 0) is 116 Å². The van der Waals surface area contributed by atoms with Crippen molar-refractivity contribution in [3.8, 4) is 11.1 Å². The molecule has 1 saturated heterocycles. The van der Waals surface area contributed by atoms with Crippen LogP contribution in [0, 0.1) is 6.92 Å². The first-order valence-corrected chi connectivity index (χ1v) is 21.7. The zero-order chi connectivity index (χ0) is 38.4. The normalized spacial score (nSPS) is 18.2. The first-order valence-electron chi connectivity index (χ1n) is 19.4. The van der Waals surface area contributed by atoms with Gasteiger partial charge in [0.05, 0.1) is 10.5 Å². The molecule has 2 unspecified atom stereocenters. The van der Waals surface area contributed by atoms with Crippen LogP contribution in [0.5, 0.6) is 0 Å². The number of ether oxygens (including phenoxy) is 1. The van der Waals surface area contributed by atoms with Crippen LogP contribution < -0.4 is 14.9 Å². The third kappa shape index (κ3) is 9.12. The molecule has 1 heterocycles. The summed E-state index contributed by atoms with van der Waals surface area (Å²) in [5, 5.41) is 4.16. The molecule has 7 rings (SSSR count). The molecule has 2 fully saturated rings. The number of hydrogen-bond acceptors (Lipinski definition) is 7. The quantitative estimate of drug-likeness (QED) is 0.123. The summed E-state index contributed by atoms with van der Waals surface area (Å²) in [6.07, 6.45) is 6.55. The molecule has 1 saturated carbocycles. The highest BCUT2D eigenvalue weighted by Crippen LogP contribution is 2.38. The van der Waals surface area contributed by atoms with E-state index in [-0.39, 0.29) is 10.5 Å². The number of methoxy groups -OCH3 is 1. The zero-order valence-electron chi connectivity index (χ0n) is 32.0. The molecule has 5 aromatic carbocycles. The average Bonchev–Trinajstić information content (AvgIpc) is 3.65. The largest absolute Gasteiger partial charge is 0.381 e. The summed E-state index contributed by atoms with van der Waals surface area (Å²) in [6.45, 7) is 5.73. The molecule has 2 atom stereocenters. The van der Waals surface area contributed by atoms with E-state index in [2.05, 4.69) is 94.7 Å². The van der Waals surface area contributed by atoms with Crippen LogP contribution in [0.2, 0.25) is 0 Å². The maximum absolute atomic E-state index is 13.5. The zero-order valence-corrected chi connectivity index (χ0v) is 33.6. The predicted molar refractivity (Wildman–Crippen MR) is 226 cm³/mol. The van der Waals surface area contributed by atoms with Crippen molar-refractivity contribution in [1.29, 1.82) is 0 Å². The van der Waals surface area contributed by atoms with Crippen molar-refractivity contribution in [2.24, 2.45) is 0 Å². The number of piperidine rings is 1. The number of aryl methyl sites for hydroxylation is 2. The predicted octanol–water partition coefficient (Wildman–Crippen LogP) is 9.70. The van der Waals surface area contributed by atoms with Crippen LogP contribution in [-0.2, 0) is 27.6 Å². The van der Waals surface area contributed by atoms with E-state index in [1.807, 2.05) is 50.1 Å². The van der Waals surface area contributed by atoms with Gasteiger partial charge >= 0.3 is 0 Å². The van der Waals surface area contributed by atoms with Crippen LogP contribution in [0.4, 0.5) is 11.4 Å². The van der Waals surface area contributed by atoms with Crippen molar-refractivity contribution in [2.45, 2.75) is 85.5 Å². The van der Waals surface area contributed by atoms with Gasteiger partial charge < -0.3 is 15.0 Å². The molecular weight excluding hydrogens is 723 g/mol. The number of carbonyl (C=O) groups excluding carboxylic acids is 1. The Morgan fingerprint density at radius 1 is 0.855 bits per heavy atom. The monoisotopic (exact) mass is 773 g/mol. The highest BCUT2D eigenvalue weighted by atomic mass is 32.2. The van der Waals surface area contributed by atoms with Crippen molar-refractivity contribution >= 4 is 39.1 Å². The molecule has 286 valence electrons. The Bertz CT molecular complexity index is 2180. The lowest BCUT2D eigenvalue weighted by atomic mass is 9.82. The van der Waals surface area contributed by atoms with Crippen molar-refractivity contribution in [3.05, 3.63) is 144 Å². The fourth-order valence-corrected chi connectivity index (χ4v) is 10.3. The van der Waals surface area contributed by atoms with Crippen LogP contribution >= 0.6 is 11.8 Å². The second-order valence-corrected chi connectivity index (χ2v) is 17.9. The summed E-state index contributed by atoms with van der Waals surface area (Å²) in [7, 11) is -2.27. The molecule has 1 aliphatic carbocycles. The Kier molecular flexibility index (Phi) is 12.0. The van der Waals surface area contributed by atoms with E-state index in [1.165, 1.54) is 27.1 Å². The number of nitrogens with zero attached hydrogens (tertiary/aromatic N) is 1. The number of benzene rings is 5. The minimum absolute atomic E-state index is 0.0814. The van der Waals surface area contributed by atoms with Gasteiger partial charge in [0.2, 0.25) is 0 Å². The van der Waals surface area contributed by atoms with Gasteiger partial charge in [0.1, 0.15) is 0 Å². The number of nitrogens with one attached hydrogen (secondary N) is 2. The van der Waals surface area contributed by atoms with Gasteiger partial charge in [-0.1, -0.05) is 85.6 Å². The summed E-state index contributed by atoms with van der Waals surface area (Å²) in [5.74, 6) is -0.650. The first kappa shape index (κ1) is 38.7. The van der Waals surface area contributed by atoms with E-state index in [9.17, 15) is 13.2 Å². The number of rotatable bonds is 13. The topological polar surface area (TPSA) is 87.7 Å². The van der Waals surface area contributed by atoms with Gasteiger partial charge in [0, 0.05) is 59.7 Å². The van der Waals surface area contributed by atoms with E-state index in [4.69, 9.17) is 4.74 Å². The van der Waals surface area contributed by atoms with Crippen LogP contribution in [-0.4, -0.2) is 51.4 Å². The molecule has 7 nitrogen and oxygen atoms in total. The molecule has 0 aromatic heterocycles. The van der Waals surface area contributed by atoms with Crippen LogP contribution in [0.1, 0.15) is 66.1 Å². The Hall–Kier alpha value is -4.57. The molecule has 1 aliphatic heterocycles. The molecule has 2 N–H and O–H groups in total. The highest BCUT2D eigenvalue weighted by molar-refractivity contribution is 8.00. The van der Waals surface area contributed by atoms with Crippen molar-refractivity contribution in [2.75, 3.05) is 30.4 Å². The highest BCUT2D eigenvalue weighted by Gasteiger charge is 2.36. The molecule has 0 spiro atoms. The van der Waals surface area contributed by atoms with E-state index < -0.39 is 15.9 Å². The summed E-state index contributed by atoms with van der Waals surface area (Å²) in [4.78, 5) is 16.9. The summed E-state index contributed by atoms with van der Waals surface area (Å²) < 4.78 is 35.5. The fraction of sp³-hybridized carbons (Fsp3) is 0.326. The van der Waals surface area contributed by atoms with Gasteiger partial charge in [0.25, 0.3) is 15.9 Å². The van der Waals surface area contributed by atoms with Gasteiger partial charge in [-0.3, -0.25) is 4.79 Å². The number of amides is 1. The maximum Gasteiger partial charge on any atom is 0.264 e. The molecule has 0 radical (unpaired) electrons. The molecule has 1 amide bonds. The number of anilines is 2. The SMILES string of the molecule is CCc1cc(S(=O)(=O)NC(=O)c2ccc(N3CCC(Cc4ccccc4-c4ccc(C)cc4)(OC)CC3)cc2)ccc1NC1CCCC1Sc1ccccc1. The average molecular weight is 774 g/mol. The Morgan fingerprint density at radius 2 is 1.56 bits per heavy atom. The number of sulfonamides is 1. The summed E-state index contributed by atoms with van der Waals surface area (Å²) >= 11 is 1.90. The fourth-order valence-electron chi connectivity index (χ4n) is 8.00. The molecule has 2 aliphatic rings. The third-order valence-electron chi connectivity index (χ3n) is 11.3. The Morgan fingerprint density at radius 3 is 2.27 bits per heavy atom. The van der Waals surface area contributed by atoms with Gasteiger partial charge in [-0.15, -0.1) is 11.8 Å². The van der Waals surface area contributed by atoms with Crippen molar-refractivity contribution in [3.63, 3.8) is 0 Å². The van der Waals surface area contributed by atoms with Crippen LogP contribution in [0.15, 0.2) is 131 Å². The summed E-state index contributed by atoms with van der Waals surface area (Å²) in [5.41, 5.74) is 7.83. The van der Waals surface area contributed by atoms with E-state index >= 15 is 0 Å². The third-order valence-corrected chi connectivity index (χ3v) is 14.1. The Labute approximate surface area is 331 Å². The lowest BCUT2D eigenvalue weighted by molar-refractivity contribution is -0.0288. The van der Waals surface area contributed by atoms with E-state index in [0.29, 0.717) is 23.3 Å². The van der Waals surface area contributed by atoms with Crippen LogP contribution in [0.3, 0.4) is 0 Å². The summed E-state index contributed by atoms with van der Waals surface area (Å²) in [6, 6.07) is 40.3. The molecule has 9 heteroatoms. The van der Waals surface area contributed by atoms with Crippen molar-refractivity contribution in [1.82, 2.24) is 4.72 Å². The molecule has 0 bridgehead atoms. The first-order chi connectivity index (χ1) is 26.6. The van der Waals surface area contributed by atoms with Gasteiger partial charge in [-0.25, -0.2) is 13.1 Å². The number of hydrogen-bond donors (Lipinski definition) is 2. The lowest BCUT2D eigenvalue weighted by Gasteiger charge is -2.42.